The molecule has 3 heteroatoms. The summed E-state index contributed by atoms with van der Waals surface area (Å²) in [6.45, 7) is 0. The van der Waals surface area contributed by atoms with Crippen LogP contribution in [0.3, 0.4) is 0 Å². The maximum Gasteiger partial charge on any atom is 0.228 e. The van der Waals surface area contributed by atoms with Gasteiger partial charge in [0.05, 0.1) is 5.41 Å². The third kappa shape index (κ3) is 1.28. The molecule has 0 saturated heterocycles. The first-order chi connectivity index (χ1) is 7.57. The molecular weight excluding hydrogens is 200 g/mol. The summed E-state index contributed by atoms with van der Waals surface area (Å²) in [5.74, 6) is -0.202. The minimum Gasteiger partial charge on any atom is -0.369 e. The Bertz CT molecular complexity index is 459. The molecule has 0 unspecified atom stereocenters. The number of carbonyl (C=O) groups is 1. The number of benzene rings is 1. The van der Waals surface area contributed by atoms with Crippen LogP contribution in [0.2, 0.25) is 0 Å². The average Bonchev–Trinajstić information content (AvgIpc) is 3.13. The summed E-state index contributed by atoms with van der Waals surface area (Å²) in [5, 5.41) is 0. The maximum absolute atomic E-state index is 11.5. The van der Waals surface area contributed by atoms with Gasteiger partial charge >= 0.3 is 0 Å². The second-order valence-corrected chi connectivity index (χ2v) is 5.18. The summed E-state index contributed by atoms with van der Waals surface area (Å²) in [6.07, 6.45) is 3.84. The first-order valence-corrected chi connectivity index (χ1v) is 5.77. The van der Waals surface area contributed by atoms with E-state index in [9.17, 15) is 4.79 Å². The quantitative estimate of drug-likeness (QED) is 0.795. The molecule has 2 aliphatic carbocycles. The minimum atomic E-state index is -0.388. The first-order valence-electron chi connectivity index (χ1n) is 5.77. The van der Waals surface area contributed by atoms with Crippen molar-refractivity contribution >= 4 is 5.91 Å². The summed E-state index contributed by atoms with van der Waals surface area (Å²) < 4.78 is 0. The molecule has 1 aromatic carbocycles. The van der Waals surface area contributed by atoms with Crippen molar-refractivity contribution in [3.63, 3.8) is 0 Å². The van der Waals surface area contributed by atoms with Crippen LogP contribution in [0.15, 0.2) is 24.3 Å². The predicted molar refractivity (Wildman–Crippen MR) is 61.6 cm³/mol. The van der Waals surface area contributed by atoms with Crippen LogP contribution in [0.1, 0.15) is 36.8 Å². The number of hydrogen-bond donors (Lipinski definition) is 2. The fraction of sp³-hybridized carbons (Fsp3) is 0.462. The number of amides is 1. The predicted octanol–water partition coefficient (Wildman–Crippen LogP) is 1.15. The van der Waals surface area contributed by atoms with Crippen molar-refractivity contribution in [3.8, 4) is 0 Å². The fourth-order valence-electron chi connectivity index (χ4n) is 2.35. The Hall–Kier alpha value is -1.35. The molecule has 2 saturated carbocycles. The zero-order chi connectivity index (χ0) is 11.4. The molecule has 3 nitrogen and oxygen atoms in total. The third-order valence-corrected chi connectivity index (χ3v) is 4.00. The lowest BCUT2D eigenvalue weighted by atomic mass is 9.91. The lowest BCUT2D eigenvalue weighted by molar-refractivity contribution is -0.120. The molecule has 0 heterocycles. The van der Waals surface area contributed by atoms with E-state index >= 15 is 0 Å². The van der Waals surface area contributed by atoms with E-state index in [-0.39, 0.29) is 16.9 Å². The minimum absolute atomic E-state index is 0.135. The number of rotatable bonds is 3. The zero-order valence-electron chi connectivity index (χ0n) is 9.20. The first kappa shape index (κ1) is 9.85. The molecule has 0 aromatic heterocycles. The second kappa shape index (κ2) is 2.86. The fourth-order valence-corrected chi connectivity index (χ4v) is 2.35. The zero-order valence-corrected chi connectivity index (χ0v) is 9.20. The van der Waals surface area contributed by atoms with E-state index < -0.39 is 0 Å². The Morgan fingerprint density at radius 1 is 1.12 bits per heavy atom. The number of carbonyl (C=O) groups excluding carboxylic acids is 1. The van der Waals surface area contributed by atoms with Crippen molar-refractivity contribution in [1.82, 2.24) is 0 Å². The molecule has 3 rings (SSSR count). The smallest absolute Gasteiger partial charge is 0.228 e. The van der Waals surface area contributed by atoms with Crippen LogP contribution < -0.4 is 11.5 Å². The Morgan fingerprint density at radius 3 is 2.25 bits per heavy atom. The van der Waals surface area contributed by atoms with Gasteiger partial charge in [0, 0.05) is 5.54 Å². The normalized spacial score (nSPS) is 23.8. The Balaban J connectivity index is 2.00. The van der Waals surface area contributed by atoms with Gasteiger partial charge in [-0.2, -0.15) is 0 Å². The van der Waals surface area contributed by atoms with Crippen LogP contribution in [0.4, 0.5) is 0 Å². The molecule has 0 aliphatic heterocycles. The van der Waals surface area contributed by atoms with Gasteiger partial charge in [0.1, 0.15) is 0 Å². The Labute approximate surface area is 94.8 Å². The molecule has 16 heavy (non-hydrogen) atoms. The number of nitrogens with two attached hydrogens (primary N) is 2. The molecule has 1 aromatic rings. The number of primary amides is 1. The van der Waals surface area contributed by atoms with E-state index in [1.165, 1.54) is 0 Å². The highest BCUT2D eigenvalue weighted by Crippen LogP contribution is 2.50. The highest BCUT2D eigenvalue weighted by molar-refractivity contribution is 5.89. The lowest BCUT2D eigenvalue weighted by Crippen LogP contribution is -2.29. The van der Waals surface area contributed by atoms with E-state index in [1.54, 1.807) is 0 Å². The van der Waals surface area contributed by atoms with Gasteiger partial charge in [-0.25, -0.2) is 0 Å². The molecule has 0 atom stereocenters. The van der Waals surface area contributed by atoms with Gasteiger partial charge in [0.15, 0.2) is 0 Å². The summed E-state index contributed by atoms with van der Waals surface area (Å²) >= 11 is 0. The summed E-state index contributed by atoms with van der Waals surface area (Å²) in [7, 11) is 0. The summed E-state index contributed by atoms with van der Waals surface area (Å²) in [5.41, 5.74) is 13.3. The summed E-state index contributed by atoms with van der Waals surface area (Å²) in [4.78, 5) is 11.5. The van der Waals surface area contributed by atoms with Crippen LogP contribution in [0.25, 0.3) is 0 Å². The van der Waals surface area contributed by atoms with Gasteiger partial charge in [-0.1, -0.05) is 24.3 Å². The average molecular weight is 216 g/mol. The van der Waals surface area contributed by atoms with Gasteiger partial charge < -0.3 is 11.5 Å². The largest absolute Gasteiger partial charge is 0.369 e. The molecule has 0 bridgehead atoms. The van der Waals surface area contributed by atoms with E-state index in [0.717, 1.165) is 36.8 Å². The summed E-state index contributed by atoms with van der Waals surface area (Å²) in [6, 6.07) is 8.10. The Morgan fingerprint density at radius 2 is 1.75 bits per heavy atom. The molecular formula is C13H16N2O. The van der Waals surface area contributed by atoms with Crippen molar-refractivity contribution in [2.75, 3.05) is 0 Å². The van der Waals surface area contributed by atoms with Crippen LogP contribution in [-0.4, -0.2) is 5.91 Å². The topological polar surface area (TPSA) is 69.1 Å². The van der Waals surface area contributed by atoms with Crippen molar-refractivity contribution in [1.29, 1.82) is 0 Å². The van der Waals surface area contributed by atoms with Crippen LogP contribution in [0.5, 0.6) is 0 Å². The monoisotopic (exact) mass is 216 g/mol. The SMILES string of the molecule is NC(=O)C1(c2cccc(C3(N)CC3)c2)CC1. The standard InChI is InChI=1S/C13H16N2O/c14-11(16)12(4-5-12)9-2-1-3-10(8-9)13(15)6-7-13/h1-3,8H,4-7,15H2,(H2,14,16). The van der Waals surface area contributed by atoms with Crippen molar-refractivity contribution in [2.24, 2.45) is 11.5 Å². The molecule has 2 fully saturated rings. The van der Waals surface area contributed by atoms with Crippen LogP contribution in [-0.2, 0) is 15.7 Å². The highest BCUT2D eigenvalue weighted by Gasteiger charge is 2.50. The van der Waals surface area contributed by atoms with E-state index in [0.29, 0.717) is 0 Å². The van der Waals surface area contributed by atoms with Crippen molar-refractivity contribution in [2.45, 2.75) is 36.6 Å². The molecule has 2 aliphatic rings. The third-order valence-electron chi connectivity index (χ3n) is 4.00. The molecule has 0 spiro atoms. The van der Waals surface area contributed by atoms with E-state index in [2.05, 4.69) is 6.07 Å². The van der Waals surface area contributed by atoms with E-state index in [4.69, 9.17) is 11.5 Å². The van der Waals surface area contributed by atoms with Crippen molar-refractivity contribution < 1.29 is 4.79 Å². The van der Waals surface area contributed by atoms with Crippen molar-refractivity contribution in [3.05, 3.63) is 35.4 Å². The number of hydrogen-bond acceptors (Lipinski definition) is 2. The van der Waals surface area contributed by atoms with Gasteiger partial charge in [-0.05, 0) is 36.8 Å². The van der Waals surface area contributed by atoms with Gasteiger partial charge in [0.2, 0.25) is 5.91 Å². The van der Waals surface area contributed by atoms with Crippen LogP contribution >= 0.6 is 0 Å². The van der Waals surface area contributed by atoms with Gasteiger partial charge in [-0.15, -0.1) is 0 Å². The van der Waals surface area contributed by atoms with Gasteiger partial charge in [0.25, 0.3) is 0 Å². The molecule has 84 valence electrons. The highest BCUT2D eigenvalue weighted by atomic mass is 16.1. The van der Waals surface area contributed by atoms with Gasteiger partial charge in [-0.3, -0.25) is 4.79 Å². The second-order valence-electron chi connectivity index (χ2n) is 5.18. The molecule has 4 N–H and O–H groups in total. The molecule has 1 amide bonds. The Kier molecular flexibility index (Phi) is 1.76. The molecule has 0 radical (unpaired) electrons. The van der Waals surface area contributed by atoms with E-state index in [1.807, 2.05) is 18.2 Å². The maximum atomic E-state index is 11.5. The van der Waals surface area contributed by atoms with Crippen LogP contribution in [0, 0.1) is 0 Å². The lowest BCUT2D eigenvalue weighted by Gasteiger charge is -2.15.